The molecule has 3 nitrogen and oxygen atoms in total. The zero-order valence-corrected chi connectivity index (χ0v) is 9.71. The summed E-state index contributed by atoms with van der Waals surface area (Å²) in [6, 6.07) is 0.563. The minimum absolute atomic E-state index is 0.386. The van der Waals surface area contributed by atoms with Crippen LogP contribution in [0.5, 0.6) is 0 Å². The smallest absolute Gasteiger partial charge is 0.0700 e. The predicted octanol–water partition coefficient (Wildman–Crippen LogP) is 1.57. The normalized spacial score (nSPS) is 31.0. The fourth-order valence-electron chi connectivity index (χ4n) is 2.00. The number of rotatable bonds is 7. The van der Waals surface area contributed by atoms with Gasteiger partial charge in [-0.15, -0.1) is 0 Å². The summed E-state index contributed by atoms with van der Waals surface area (Å²) in [5.74, 6) is 0.890. The highest BCUT2D eigenvalue weighted by Gasteiger charge is 2.23. The molecule has 1 aliphatic heterocycles. The molecule has 3 heteroatoms. The molecule has 1 saturated heterocycles. The SMILES string of the molecule is CC1OCCC1NCCCOCC1CC1. The molecule has 2 unspecified atom stereocenters. The van der Waals surface area contributed by atoms with E-state index in [4.69, 9.17) is 9.47 Å². The maximum Gasteiger partial charge on any atom is 0.0700 e. The average molecular weight is 213 g/mol. The van der Waals surface area contributed by atoms with Crippen LogP contribution in [0.4, 0.5) is 0 Å². The molecule has 0 aromatic heterocycles. The van der Waals surface area contributed by atoms with Gasteiger partial charge in [-0.1, -0.05) is 0 Å². The van der Waals surface area contributed by atoms with Gasteiger partial charge in [0.1, 0.15) is 0 Å². The first-order chi connectivity index (χ1) is 7.36. The van der Waals surface area contributed by atoms with Gasteiger partial charge in [0, 0.05) is 25.9 Å². The van der Waals surface area contributed by atoms with Gasteiger partial charge in [0.25, 0.3) is 0 Å². The first-order valence-corrected chi connectivity index (χ1v) is 6.29. The Morgan fingerprint density at radius 3 is 2.87 bits per heavy atom. The van der Waals surface area contributed by atoms with Crippen LogP contribution < -0.4 is 5.32 Å². The van der Waals surface area contributed by atoms with Crippen LogP contribution in [0.2, 0.25) is 0 Å². The van der Waals surface area contributed by atoms with Gasteiger partial charge >= 0.3 is 0 Å². The first kappa shape index (κ1) is 11.4. The molecular weight excluding hydrogens is 190 g/mol. The summed E-state index contributed by atoms with van der Waals surface area (Å²) < 4.78 is 11.1. The average Bonchev–Trinajstić information content (AvgIpc) is 2.96. The zero-order chi connectivity index (χ0) is 10.5. The topological polar surface area (TPSA) is 30.5 Å². The Labute approximate surface area is 92.5 Å². The number of hydrogen-bond donors (Lipinski definition) is 1. The van der Waals surface area contributed by atoms with Crippen LogP contribution in [0.3, 0.4) is 0 Å². The molecule has 1 aliphatic carbocycles. The van der Waals surface area contributed by atoms with E-state index in [0.29, 0.717) is 12.1 Å². The lowest BCUT2D eigenvalue weighted by Gasteiger charge is -2.15. The van der Waals surface area contributed by atoms with Crippen LogP contribution in [-0.2, 0) is 9.47 Å². The van der Waals surface area contributed by atoms with Crippen molar-refractivity contribution in [1.29, 1.82) is 0 Å². The third-order valence-corrected chi connectivity index (χ3v) is 3.30. The van der Waals surface area contributed by atoms with Crippen molar-refractivity contribution in [3.8, 4) is 0 Å². The molecule has 0 amide bonds. The third-order valence-electron chi connectivity index (χ3n) is 3.30. The quantitative estimate of drug-likeness (QED) is 0.651. The fourth-order valence-corrected chi connectivity index (χ4v) is 2.00. The van der Waals surface area contributed by atoms with Crippen molar-refractivity contribution in [1.82, 2.24) is 5.32 Å². The summed E-state index contributed by atoms with van der Waals surface area (Å²) in [5.41, 5.74) is 0. The standard InChI is InChI=1S/C12H23NO2/c1-10-12(5-8-15-10)13-6-2-7-14-9-11-3-4-11/h10-13H,2-9H2,1H3. The van der Waals surface area contributed by atoms with E-state index in [1.807, 2.05) is 0 Å². The molecule has 2 rings (SSSR count). The Morgan fingerprint density at radius 1 is 1.33 bits per heavy atom. The molecule has 1 heterocycles. The second-order valence-corrected chi connectivity index (χ2v) is 4.80. The monoisotopic (exact) mass is 213 g/mol. The largest absolute Gasteiger partial charge is 0.381 e. The summed E-state index contributed by atoms with van der Waals surface area (Å²) in [6.45, 7) is 6.02. The Bertz CT molecular complexity index is 182. The van der Waals surface area contributed by atoms with Gasteiger partial charge in [0.05, 0.1) is 6.10 Å². The van der Waals surface area contributed by atoms with E-state index in [2.05, 4.69) is 12.2 Å². The summed E-state index contributed by atoms with van der Waals surface area (Å²) in [5, 5.41) is 3.53. The molecular formula is C12H23NO2. The van der Waals surface area contributed by atoms with Crippen LogP contribution in [0.25, 0.3) is 0 Å². The van der Waals surface area contributed by atoms with E-state index >= 15 is 0 Å². The van der Waals surface area contributed by atoms with E-state index < -0.39 is 0 Å². The highest BCUT2D eigenvalue weighted by atomic mass is 16.5. The molecule has 88 valence electrons. The fraction of sp³-hybridized carbons (Fsp3) is 1.00. The van der Waals surface area contributed by atoms with Crippen molar-refractivity contribution in [2.75, 3.05) is 26.4 Å². The van der Waals surface area contributed by atoms with Gasteiger partial charge in [-0.3, -0.25) is 0 Å². The third kappa shape index (κ3) is 4.09. The lowest BCUT2D eigenvalue weighted by atomic mass is 10.1. The van der Waals surface area contributed by atoms with Gasteiger partial charge in [-0.05, 0) is 45.1 Å². The van der Waals surface area contributed by atoms with Crippen molar-refractivity contribution in [2.24, 2.45) is 5.92 Å². The van der Waals surface area contributed by atoms with Crippen LogP contribution in [0.1, 0.15) is 32.6 Å². The van der Waals surface area contributed by atoms with Crippen molar-refractivity contribution in [3.63, 3.8) is 0 Å². The van der Waals surface area contributed by atoms with E-state index in [1.54, 1.807) is 0 Å². The highest BCUT2D eigenvalue weighted by molar-refractivity contribution is 4.78. The van der Waals surface area contributed by atoms with Crippen molar-refractivity contribution in [3.05, 3.63) is 0 Å². The Morgan fingerprint density at radius 2 is 2.20 bits per heavy atom. The zero-order valence-electron chi connectivity index (χ0n) is 9.71. The van der Waals surface area contributed by atoms with Crippen molar-refractivity contribution in [2.45, 2.75) is 44.8 Å². The van der Waals surface area contributed by atoms with Gasteiger partial charge in [-0.25, -0.2) is 0 Å². The lowest BCUT2D eigenvalue weighted by molar-refractivity contribution is 0.108. The van der Waals surface area contributed by atoms with Crippen molar-refractivity contribution >= 4 is 0 Å². The van der Waals surface area contributed by atoms with Crippen LogP contribution >= 0.6 is 0 Å². The Hall–Kier alpha value is -0.120. The number of hydrogen-bond acceptors (Lipinski definition) is 3. The Kier molecular flexibility index (Phi) is 4.42. The molecule has 2 fully saturated rings. The van der Waals surface area contributed by atoms with E-state index in [9.17, 15) is 0 Å². The summed E-state index contributed by atoms with van der Waals surface area (Å²) in [7, 11) is 0. The van der Waals surface area contributed by atoms with Crippen molar-refractivity contribution < 1.29 is 9.47 Å². The molecule has 0 spiro atoms. The summed E-state index contributed by atoms with van der Waals surface area (Å²) in [6.07, 6.45) is 5.43. The maximum absolute atomic E-state index is 5.58. The van der Waals surface area contributed by atoms with E-state index in [-0.39, 0.29) is 0 Å². The van der Waals surface area contributed by atoms with Gasteiger partial charge in [0.2, 0.25) is 0 Å². The highest BCUT2D eigenvalue weighted by Crippen LogP contribution is 2.28. The molecule has 1 saturated carbocycles. The number of nitrogens with one attached hydrogen (secondary N) is 1. The summed E-state index contributed by atoms with van der Waals surface area (Å²) in [4.78, 5) is 0. The number of ether oxygens (including phenoxy) is 2. The Balaban J connectivity index is 1.40. The van der Waals surface area contributed by atoms with Gasteiger partial charge in [-0.2, -0.15) is 0 Å². The van der Waals surface area contributed by atoms with Gasteiger partial charge < -0.3 is 14.8 Å². The predicted molar refractivity (Wildman–Crippen MR) is 60.0 cm³/mol. The molecule has 0 aromatic rings. The molecule has 15 heavy (non-hydrogen) atoms. The molecule has 0 radical (unpaired) electrons. The molecule has 1 N–H and O–H groups in total. The lowest BCUT2D eigenvalue weighted by Crippen LogP contribution is -2.35. The molecule has 2 aliphatic rings. The van der Waals surface area contributed by atoms with E-state index in [1.165, 1.54) is 12.8 Å². The van der Waals surface area contributed by atoms with Gasteiger partial charge in [0.15, 0.2) is 0 Å². The second kappa shape index (κ2) is 5.83. The van der Waals surface area contributed by atoms with Crippen LogP contribution in [0.15, 0.2) is 0 Å². The van der Waals surface area contributed by atoms with Crippen LogP contribution in [0, 0.1) is 5.92 Å². The van der Waals surface area contributed by atoms with Crippen LogP contribution in [-0.4, -0.2) is 38.5 Å². The molecule has 0 bridgehead atoms. The summed E-state index contributed by atoms with van der Waals surface area (Å²) >= 11 is 0. The second-order valence-electron chi connectivity index (χ2n) is 4.80. The molecule has 0 aromatic carbocycles. The van der Waals surface area contributed by atoms with E-state index in [0.717, 1.165) is 45.1 Å². The minimum atomic E-state index is 0.386. The maximum atomic E-state index is 5.58. The molecule has 2 atom stereocenters. The first-order valence-electron chi connectivity index (χ1n) is 6.29. The minimum Gasteiger partial charge on any atom is -0.381 e.